The summed E-state index contributed by atoms with van der Waals surface area (Å²) < 4.78 is 4.89. The highest BCUT2D eigenvalue weighted by atomic mass is 16.5. The average Bonchev–Trinajstić information content (AvgIpc) is 2.28. The average molecular weight is 249 g/mol. The molecule has 1 heterocycles. The van der Waals surface area contributed by atoms with Crippen LogP contribution in [-0.2, 0) is 20.9 Å². The Hall–Kier alpha value is -1.88. The summed E-state index contributed by atoms with van der Waals surface area (Å²) in [6.45, 7) is 0.315. The van der Waals surface area contributed by atoms with Crippen molar-refractivity contribution in [3.05, 3.63) is 35.9 Å². The number of carbonyl (C=O) groups excluding carboxylic acids is 1. The summed E-state index contributed by atoms with van der Waals surface area (Å²) in [6, 6.07) is 9.45. The molecule has 1 aromatic carbocycles. The van der Waals surface area contributed by atoms with Crippen LogP contribution in [0.3, 0.4) is 0 Å². The summed E-state index contributed by atoms with van der Waals surface area (Å²) in [6.07, 6.45) is 0. The predicted molar refractivity (Wildman–Crippen MR) is 63.8 cm³/mol. The van der Waals surface area contributed by atoms with Gasteiger partial charge in [0, 0.05) is 13.6 Å². The van der Waals surface area contributed by atoms with Gasteiger partial charge in [0.2, 0.25) is 5.91 Å². The summed E-state index contributed by atoms with van der Waals surface area (Å²) in [5.74, 6) is -1.51. The maximum absolute atomic E-state index is 12.2. The van der Waals surface area contributed by atoms with Gasteiger partial charge in [-0.1, -0.05) is 30.3 Å². The Kier molecular flexibility index (Phi) is 3.34. The summed E-state index contributed by atoms with van der Waals surface area (Å²) in [7, 11) is 1.61. The first-order chi connectivity index (χ1) is 8.56. The van der Waals surface area contributed by atoms with Gasteiger partial charge in [-0.2, -0.15) is 0 Å². The molecule has 5 heteroatoms. The zero-order valence-electron chi connectivity index (χ0n) is 10.1. The molecular weight excluding hydrogens is 234 g/mol. The zero-order valence-corrected chi connectivity index (χ0v) is 10.1. The SMILES string of the molecule is CN(Cc1ccccc1)C(=O)C1(C(=O)O)COC1. The quantitative estimate of drug-likeness (QED) is 0.799. The number of carbonyl (C=O) groups is 2. The van der Waals surface area contributed by atoms with Crippen LogP contribution in [0.25, 0.3) is 0 Å². The summed E-state index contributed by atoms with van der Waals surface area (Å²) >= 11 is 0. The molecule has 0 bridgehead atoms. The maximum Gasteiger partial charge on any atom is 0.324 e. The lowest BCUT2D eigenvalue weighted by Gasteiger charge is -2.38. The van der Waals surface area contributed by atoms with E-state index in [2.05, 4.69) is 0 Å². The van der Waals surface area contributed by atoms with E-state index in [1.54, 1.807) is 7.05 Å². The van der Waals surface area contributed by atoms with Crippen LogP contribution in [-0.4, -0.2) is 42.1 Å². The maximum atomic E-state index is 12.2. The second kappa shape index (κ2) is 4.78. The van der Waals surface area contributed by atoms with Crippen LogP contribution in [0.5, 0.6) is 0 Å². The molecule has 5 nitrogen and oxygen atoms in total. The Labute approximate surface area is 105 Å². The number of carboxylic acids is 1. The Balaban J connectivity index is 2.07. The van der Waals surface area contributed by atoms with Crippen molar-refractivity contribution >= 4 is 11.9 Å². The van der Waals surface area contributed by atoms with E-state index in [1.807, 2.05) is 30.3 Å². The molecule has 0 aromatic heterocycles. The molecule has 2 rings (SSSR count). The van der Waals surface area contributed by atoms with Gasteiger partial charge >= 0.3 is 5.97 Å². The van der Waals surface area contributed by atoms with Crippen molar-refractivity contribution in [2.24, 2.45) is 5.41 Å². The van der Waals surface area contributed by atoms with Crippen molar-refractivity contribution in [3.63, 3.8) is 0 Å². The molecule has 1 aliphatic rings. The smallest absolute Gasteiger partial charge is 0.324 e. The third-order valence-electron chi connectivity index (χ3n) is 3.12. The van der Waals surface area contributed by atoms with E-state index in [9.17, 15) is 9.59 Å². The number of aliphatic carboxylic acids is 1. The number of nitrogens with zero attached hydrogens (tertiary/aromatic N) is 1. The van der Waals surface area contributed by atoms with Gasteiger partial charge in [-0.05, 0) is 5.56 Å². The first-order valence-electron chi connectivity index (χ1n) is 5.67. The van der Waals surface area contributed by atoms with Crippen molar-refractivity contribution in [2.45, 2.75) is 6.54 Å². The lowest BCUT2D eigenvalue weighted by molar-refractivity contribution is -0.190. The van der Waals surface area contributed by atoms with Crippen molar-refractivity contribution in [3.8, 4) is 0 Å². The van der Waals surface area contributed by atoms with Crippen molar-refractivity contribution < 1.29 is 19.4 Å². The molecule has 1 saturated heterocycles. The standard InChI is InChI=1S/C13H15NO4/c1-14(7-10-5-3-2-4-6-10)11(15)13(12(16)17)8-18-9-13/h2-6H,7-9H2,1H3,(H,16,17). The molecule has 0 atom stereocenters. The molecule has 1 fully saturated rings. The van der Waals surface area contributed by atoms with Crippen LogP contribution < -0.4 is 0 Å². The second-order valence-electron chi connectivity index (χ2n) is 4.53. The monoisotopic (exact) mass is 249 g/mol. The van der Waals surface area contributed by atoms with E-state index in [1.165, 1.54) is 4.90 Å². The summed E-state index contributed by atoms with van der Waals surface area (Å²) in [5.41, 5.74) is -0.419. The highest BCUT2D eigenvalue weighted by Gasteiger charge is 2.54. The number of hydrogen-bond acceptors (Lipinski definition) is 3. The van der Waals surface area contributed by atoms with E-state index in [-0.39, 0.29) is 13.2 Å². The van der Waals surface area contributed by atoms with Crippen LogP contribution in [0.2, 0.25) is 0 Å². The minimum atomic E-state index is -1.39. The summed E-state index contributed by atoms with van der Waals surface area (Å²) in [5, 5.41) is 9.14. The van der Waals surface area contributed by atoms with Crippen LogP contribution >= 0.6 is 0 Å². The van der Waals surface area contributed by atoms with Gasteiger partial charge in [0.25, 0.3) is 0 Å². The van der Waals surface area contributed by atoms with Crippen molar-refractivity contribution in [1.29, 1.82) is 0 Å². The number of benzene rings is 1. The molecule has 0 radical (unpaired) electrons. The predicted octanol–water partition coefficient (Wildman–Crippen LogP) is 0.746. The third kappa shape index (κ3) is 2.09. The molecule has 18 heavy (non-hydrogen) atoms. The van der Waals surface area contributed by atoms with E-state index in [4.69, 9.17) is 9.84 Å². The lowest BCUT2D eigenvalue weighted by Crippen LogP contribution is -2.59. The van der Waals surface area contributed by atoms with Gasteiger partial charge in [0.15, 0.2) is 5.41 Å². The van der Waals surface area contributed by atoms with Gasteiger partial charge in [0.1, 0.15) is 0 Å². The highest BCUT2D eigenvalue weighted by molar-refractivity contribution is 6.03. The van der Waals surface area contributed by atoms with Gasteiger partial charge in [-0.15, -0.1) is 0 Å². The number of hydrogen-bond donors (Lipinski definition) is 1. The number of ether oxygens (including phenoxy) is 1. The fourth-order valence-electron chi connectivity index (χ4n) is 1.94. The lowest BCUT2D eigenvalue weighted by atomic mass is 9.84. The Morgan fingerprint density at radius 1 is 1.33 bits per heavy atom. The minimum absolute atomic E-state index is 0.0414. The molecule has 0 aliphatic carbocycles. The second-order valence-corrected chi connectivity index (χ2v) is 4.53. The highest BCUT2D eigenvalue weighted by Crippen LogP contribution is 2.30. The topological polar surface area (TPSA) is 66.8 Å². The van der Waals surface area contributed by atoms with E-state index in [0.29, 0.717) is 6.54 Å². The van der Waals surface area contributed by atoms with Crippen LogP contribution in [0, 0.1) is 5.41 Å². The van der Waals surface area contributed by atoms with Gasteiger partial charge in [-0.25, -0.2) is 0 Å². The molecule has 1 N–H and O–H groups in total. The van der Waals surface area contributed by atoms with Gasteiger partial charge < -0.3 is 14.7 Å². The molecule has 1 aromatic rings. The number of amides is 1. The van der Waals surface area contributed by atoms with Crippen LogP contribution in [0.1, 0.15) is 5.56 Å². The van der Waals surface area contributed by atoms with E-state index in [0.717, 1.165) is 5.56 Å². The Morgan fingerprint density at radius 3 is 2.39 bits per heavy atom. The van der Waals surface area contributed by atoms with Gasteiger partial charge in [0.05, 0.1) is 13.2 Å². The Morgan fingerprint density at radius 2 is 1.94 bits per heavy atom. The van der Waals surface area contributed by atoms with Crippen molar-refractivity contribution in [2.75, 3.05) is 20.3 Å². The fraction of sp³-hybridized carbons (Fsp3) is 0.385. The first kappa shape index (κ1) is 12.6. The van der Waals surface area contributed by atoms with Crippen LogP contribution in [0.4, 0.5) is 0 Å². The zero-order chi connectivity index (χ0) is 13.2. The number of carboxylic acid groups (broad SMARTS) is 1. The van der Waals surface area contributed by atoms with Crippen molar-refractivity contribution in [1.82, 2.24) is 4.90 Å². The van der Waals surface area contributed by atoms with Crippen LogP contribution in [0.15, 0.2) is 30.3 Å². The van der Waals surface area contributed by atoms with E-state index >= 15 is 0 Å². The van der Waals surface area contributed by atoms with E-state index < -0.39 is 17.3 Å². The van der Waals surface area contributed by atoms with Gasteiger partial charge in [-0.3, -0.25) is 9.59 Å². The normalized spacial score (nSPS) is 16.7. The molecule has 96 valence electrons. The minimum Gasteiger partial charge on any atom is -0.480 e. The molecule has 1 amide bonds. The Bertz CT molecular complexity index is 453. The molecule has 0 saturated carbocycles. The largest absolute Gasteiger partial charge is 0.480 e. The fourth-order valence-corrected chi connectivity index (χ4v) is 1.94. The third-order valence-corrected chi connectivity index (χ3v) is 3.12. The molecule has 1 aliphatic heterocycles. The number of rotatable bonds is 4. The molecule has 0 unspecified atom stereocenters. The molecule has 0 spiro atoms. The summed E-state index contributed by atoms with van der Waals surface area (Å²) in [4.78, 5) is 24.8. The first-order valence-corrected chi connectivity index (χ1v) is 5.67. The molecular formula is C13H15NO4.